The molecule has 0 bridgehead atoms. The van der Waals surface area contributed by atoms with E-state index in [1.807, 2.05) is 25.1 Å². The fourth-order valence-corrected chi connectivity index (χ4v) is 2.56. The summed E-state index contributed by atoms with van der Waals surface area (Å²) in [6, 6.07) is 12.6. The third kappa shape index (κ3) is 5.32. The lowest BCUT2D eigenvalue weighted by molar-refractivity contribution is -0.127. The maximum atomic E-state index is 12.5. The van der Waals surface area contributed by atoms with Gasteiger partial charge in [0, 0.05) is 24.3 Å². The fourth-order valence-electron chi connectivity index (χ4n) is 2.20. The van der Waals surface area contributed by atoms with Gasteiger partial charge < -0.3 is 15.0 Å². The molecule has 0 aromatic heterocycles. The Morgan fingerprint density at radius 1 is 1.12 bits per heavy atom. The molecule has 5 nitrogen and oxygen atoms in total. The molecule has 2 aromatic rings. The van der Waals surface area contributed by atoms with Gasteiger partial charge in [-0.1, -0.05) is 28.1 Å². The monoisotopic (exact) mass is 404 g/mol. The summed E-state index contributed by atoms with van der Waals surface area (Å²) in [4.78, 5) is 25.8. The maximum absolute atomic E-state index is 12.5. The summed E-state index contributed by atoms with van der Waals surface area (Å²) in [6.07, 6.45) is 0.335. The standard InChI is InChI=1S/C19H21BrN2O3/c1-4-25-17-10-7-14(20)12-16(17)19(24)21-15-8-5-13(6-9-15)11-18(23)22(2)3/h5-10,12H,4,11H2,1-3H3,(H,21,24). The van der Waals surface area contributed by atoms with Gasteiger partial charge in [-0.05, 0) is 42.8 Å². The second-order valence-electron chi connectivity index (χ2n) is 5.69. The van der Waals surface area contributed by atoms with E-state index in [2.05, 4.69) is 21.2 Å². The third-order valence-electron chi connectivity index (χ3n) is 3.55. The number of halogens is 1. The number of ether oxygens (including phenoxy) is 1. The lowest BCUT2D eigenvalue weighted by atomic mass is 10.1. The van der Waals surface area contributed by atoms with Gasteiger partial charge in [0.05, 0.1) is 18.6 Å². The molecule has 0 aliphatic heterocycles. The zero-order chi connectivity index (χ0) is 18.4. The number of nitrogens with zero attached hydrogens (tertiary/aromatic N) is 1. The number of amides is 2. The van der Waals surface area contributed by atoms with Crippen molar-refractivity contribution in [1.82, 2.24) is 4.90 Å². The Morgan fingerprint density at radius 3 is 2.40 bits per heavy atom. The van der Waals surface area contributed by atoms with Gasteiger partial charge in [-0.25, -0.2) is 0 Å². The lowest BCUT2D eigenvalue weighted by Crippen LogP contribution is -2.23. The zero-order valence-electron chi connectivity index (χ0n) is 14.5. The number of rotatable bonds is 6. The smallest absolute Gasteiger partial charge is 0.259 e. The van der Waals surface area contributed by atoms with Crippen LogP contribution in [0.3, 0.4) is 0 Å². The van der Waals surface area contributed by atoms with Gasteiger partial charge in [-0.15, -0.1) is 0 Å². The van der Waals surface area contributed by atoms with Gasteiger partial charge in [0.1, 0.15) is 5.75 Å². The van der Waals surface area contributed by atoms with Crippen LogP contribution in [0.5, 0.6) is 5.75 Å². The van der Waals surface area contributed by atoms with Crippen LogP contribution in [-0.4, -0.2) is 37.4 Å². The van der Waals surface area contributed by atoms with Crippen molar-refractivity contribution >= 4 is 33.4 Å². The Kier molecular flexibility index (Phi) is 6.58. The molecule has 0 fully saturated rings. The highest BCUT2D eigenvalue weighted by Gasteiger charge is 2.14. The number of nitrogens with one attached hydrogen (secondary N) is 1. The van der Waals surface area contributed by atoms with Gasteiger partial charge in [-0.2, -0.15) is 0 Å². The molecule has 0 spiro atoms. The highest BCUT2D eigenvalue weighted by Crippen LogP contribution is 2.24. The van der Waals surface area contributed by atoms with E-state index in [4.69, 9.17) is 4.74 Å². The first-order valence-electron chi connectivity index (χ1n) is 7.93. The van der Waals surface area contributed by atoms with E-state index in [9.17, 15) is 9.59 Å². The first-order valence-corrected chi connectivity index (χ1v) is 8.72. The first-order chi connectivity index (χ1) is 11.9. The van der Waals surface area contributed by atoms with E-state index < -0.39 is 0 Å². The summed E-state index contributed by atoms with van der Waals surface area (Å²) in [5.41, 5.74) is 2.02. The number of benzene rings is 2. The van der Waals surface area contributed by atoms with Crippen LogP contribution in [0.25, 0.3) is 0 Å². The predicted molar refractivity (Wildman–Crippen MR) is 102 cm³/mol. The van der Waals surface area contributed by atoms with Crippen molar-refractivity contribution in [3.63, 3.8) is 0 Å². The molecule has 0 atom stereocenters. The summed E-state index contributed by atoms with van der Waals surface area (Å²) in [6.45, 7) is 2.36. The highest BCUT2D eigenvalue weighted by atomic mass is 79.9. The molecule has 0 aliphatic carbocycles. The van der Waals surface area contributed by atoms with Crippen LogP contribution in [0.2, 0.25) is 0 Å². The molecule has 0 saturated heterocycles. The topological polar surface area (TPSA) is 58.6 Å². The van der Waals surface area contributed by atoms with Crippen LogP contribution in [0.15, 0.2) is 46.9 Å². The average molecular weight is 405 g/mol. The van der Waals surface area contributed by atoms with Crippen LogP contribution in [0.1, 0.15) is 22.8 Å². The lowest BCUT2D eigenvalue weighted by Gasteiger charge is -2.12. The van der Waals surface area contributed by atoms with Crippen molar-refractivity contribution in [3.8, 4) is 5.75 Å². The first kappa shape index (κ1) is 19.0. The van der Waals surface area contributed by atoms with Crippen molar-refractivity contribution in [3.05, 3.63) is 58.1 Å². The Morgan fingerprint density at radius 2 is 1.80 bits per heavy atom. The van der Waals surface area contributed by atoms with Gasteiger partial charge in [0.25, 0.3) is 5.91 Å². The Hall–Kier alpha value is -2.34. The third-order valence-corrected chi connectivity index (χ3v) is 4.05. The minimum atomic E-state index is -0.248. The van der Waals surface area contributed by atoms with E-state index >= 15 is 0 Å². The molecule has 2 rings (SSSR count). The molecule has 0 saturated carbocycles. The number of carbonyl (C=O) groups is 2. The molecule has 1 N–H and O–H groups in total. The minimum absolute atomic E-state index is 0.0345. The minimum Gasteiger partial charge on any atom is -0.493 e. The van der Waals surface area contributed by atoms with Crippen molar-refractivity contribution in [2.45, 2.75) is 13.3 Å². The Bertz CT molecular complexity index is 758. The molecule has 0 heterocycles. The quantitative estimate of drug-likeness (QED) is 0.797. The van der Waals surface area contributed by atoms with Crippen LogP contribution in [0.4, 0.5) is 5.69 Å². The van der Waals surface area contributed by atoms with Crippen LogP contribution in [0, 0.1) is 0 Å². The molecular formula is C19H21BrN2O3. The zero-order valence-corrected chi connectivity index (χ0v) is 16.1. The van der Waals surface area contributed by atoms with Gasteiger partial charge in [0.15, 0.2) is 0 Å². The molecule has 6 heteroatoms. The number of hydrogen-bond donors (Lipinski definition) is 1. The summed E-state index contributed by atoms with van der Waals surface area (Å²) in [5, 5.41) is 2.85. The molecule has 2 amide bonds. The largest absolute Gasteiger partial charge is 0.493 e. The summed E-state index contributed by atoms with van der Waals surface area (Å²) < 4.78 is 6.32. The summed E-state index contributed by atoms with van der Waals surface area (Å²) in [5.74, 6) is 0.325. The predicted octanol–water partition coefficient (Wildman–Crippen LogP) is 3.73. The van der Waals surface area contributed by atoms with E-state index in [1.165, 1.54) is 0 Å². The number of likely N-dealkylation sites (N-methyl/N-ethyl adjacent to an activating group) is 1. The average Bonchev–Trinajstić information content (AvgIpc) is 2.58. The van der Waals surface area contributed by atoms with Crippen molar-refractivity contribution < 1.29 is 14.3 Å². The van der Waals surface area contributed by atoms with E-state index in [1.54, 1.807) is 43.3 Å². The van der Waals surface area contributed by atoms with E-state index in [0.29, 0.717) is 30.0 Å². The Balaban J connectivity index is 2.11. The van der Waals surface area contributed by atoms with E-state index in [0.717, 1.165) is 10.0 Å². The molecule has 0 unspecified atom stereocenters. The van der Waals surface area contributed by atoms with E-state index in [-0.39, 0.29) is 11.8 Å². The fraction of sp³-hybridized carbons (Fsp3) is 0.263. The number of hydrogen-bond acceptors (Lipinski definition) is 3. The normalized spacial score (nSPS) is 10.2. The molecule has 132 valence electrons. The van der Waals surface area contributed by atoms with Gasteiger partial charge >= 0.3 is 0 Å². The highest BCUT2D eigenvalue weighted by molar-refractivity contribution is 9.10. The maximum Gasteiger partial charge on any atom is 0.259 e. The van der Waals surface area contributed by atoms with Crippen molar-refractivity contribution in [2.24, 2.45) is 0 Å². The number of carbonyl (C=O) groups excluding carboxylic acids is 2. The van der Waals surface area contributed by atoms with Gasteiger partial charge in [-0.3, -0.25) is 9.59 Å². The molecule has 0 radical (unpaired) electrons. The molecule has 0 aliphatic rings. The summed E-state index contributed by atoms with van der Waals surface area (Å²) >= 11 is 3.37. The second kappa shape index (κ2) is 8.67. The van der Waals surface area contributed by atoms with Crippen molar-refractivity contribution in [2.75, 3.05) is 26.0 Å². The second-order valence-corrected chi connectivity index (χ2v) is 6.61. The van der Waals surface area contributed by atoms with Crippen LogP contribution >= 0.6 is 15.9 Å². The van der Waals surface area contributed by atoms with Crippen molar-refractivity contribution in [1.29, 1.82) is 0 Å². The molecular weight excluding hydrogens is 384 g/mol. The van der Waals surface area contributed by atoms with Crippen LogP contribution < -0.4 is 10.1 Å². The summed E-state index contributed by atoms with van der Waals surface area (Å²) in [7, 11) is 3.45. The molecule has 2 aromatic carbocycles. The van der Waals surface area contributed by atoms with Gasteiger partial charge in [0.2, 0.25) is 5.91 Å². The SMILES string of the molecule is CCOc1ccc(Br)cc1C(=O)Nc1ccc(CC(=O)N(C)C)cc1. The number of anilines is 1. The van der Waals surface area contributed by atoms with Crippen LogP contribution in [-0.2, 0) is 11.2 Å². The Labute approximate surface area is 156 Å². The molecule has 25 heavy (non-hydrogen) atoms.